The molecular weight excluding hydrogens is 250 g/mol. The maximum absolute atomic E-state index is 11.7. The smallest absolute Gasteiger partial charge is 0.154 e. The Morgan fingerprint density at radius 3 is 2.83 bits per heavy atom. The lowest BCUT2D eigenvalue weighted by atomic mass is 10.2. The van der Waals surface area contributed by atoms with Gasteiger partial charge in [-0.05, 0) is 31.9 Å². The molecule has 1 aliphatic rings. The molecule has 0 radical (unpaired) electrons. The van der Waals surface area contributed by atoms with Crippen LogP contribution in [-0.2, 0) is 16.3 Å². The number of hydrogen-bond donors (Lipinski definition) is 1. The van der Waals surface area contributed by atoms with Crippen molar-refractivity contribution >= 4 is 9.84 Å². The largest absolute Gasteiger partial charge is 0.464 e. The number of sulfone groups is 1. The normalized spacial score (nSPS) is 24.2. The van der Waals surface area contributed by atoms with E-state index in [0.29, 0.717) is 12.3 Å². The molecule has 0 saturated carbocycles. The average molecular weight is 271 g/mol. The van der Waals surface area contributed by atoms with Gasteiger partial charge < -0.3 is 9.73 Å². The Morgan fingerprint density at radius 1 is 1.50 bits per heavy atom. The standard InChI is InChI=1S/C13H21NO3S/c1-3-11-6-7-13(17-11)10(2)14-9-12-5-4-8-18(12,15)16/h6-7,10,12,14H,3-5,8-9H2,1-2H3/t10-,12+/m1/s1. The van der Waals surface area contributed by atoms with Crippen molar-refractivity contribution in [3.8, 4) is 0 Å². The minimum atomic E-state index is -2.86. The molecule has 1 aromatic heterocycles. The summed E-state index contributed by atoms with van der Waals surface area (Å²) in [6.45, 7) is 4.57. The predicted octanol–water partition coefficient (Wildman–Crippen LogP) is 2.07. The van der Waals surface area contributed by atoms with Gasteiger partial charge in [0.15, 0.2) is 9.84 Å². The second-order valence-electron chi connectivity index (χ2n) is 4.92. The molecule has 0 aliphatic carbocycles. The van der Waals surface area contributed by atoms with Crippen LogP contribution in [0.2, 0.25) is 0 Å². The molecule has 5 heteroatoms. The van der Waals surface area contributed by atoms with Crippen LogP contribution in [-0.4, -0.2) is 26.0 Å². The molecule has 1 saturated heterocycles. The Hall–Kier alpha value is -0.810. The van der Waals surface area contributed by atoms with E-state index in [0.717, 1.165) is 30.8 Å². The fourth-order valence-corrected chi connectivity index (χ4v) is 4.09. The van der Waals surface area contributed by atoms with Crippen molar-refractivity contribution in [2.45, 2.75) is 44.4 Å². The van der Waals surface area contributed by atoms with Crippen molar-refractivity contribution in [1.29, 1.82) is 0 Å². The second kappa shape index (κ2) is 5.45. The monoisotopic (exact) mass is 271 g/mol. The van der Waals surface area contributed by atoms with Crippen LogP contribution >= 0.6 is 0 Å². The van der Waals surface area contributed by atoms with E-state index in [4.69, 9.17) is 4.42 Å². The molecule has 4 nitrogen and oxygen atoms in total. The minimum absolute atomic E-state index is 0.0566. The number of nitrogens with one attached hydrogen (secondary N) is 1. The summed E-state index contributed by atoms with van der Waals surface area (Å²) in [5, 5.41) is 3.04. The highest BCUT2D eigenvalue weighted by Crippen LogP contribution is 2.21. The van der Waals surface area contributed by atoms with Crippen LogP contribution < -0.4 is 5.32 Å². The zero-order valence-corrected chi connectivity index (χ0v) is 11.8. The van der Waals surface area contributed by atoms with Gasteiger partial charge in [-0.15, -0.1) is 0 Å². The van der Waals surface area contributed by atoms with E-state index in [1.807, 2.05) is 26.0 Å². The van der Waals surface area contributed by atoms with E-state index in [1.165, 1.54) is 0 Å². The van der Waals surface area contributed by atoms with Crippen LogP contribution in [0.3, 0.4) is 0 Å². The quantitative estimate of drug-likeness (QED) is 0.890. The minimum Gasteiger partial charge on any atom is -0.464 e. The van der Waals surface area contributed by atoms with Crippen LogP contribution in [0.25, 0.3) is 0 Å². The van der Waals surface area contributed by atoms with Gasteiger partial charge in [-0.3, -0.25) is 0 Å². The third-order valence-electron chi connectivity index (χ3n) is 3.57. The van der Waals surface area contributed by atoms with Gasteiger partial charge in [0.05, 0.1) is 17.0 Å². The van der Waals surface area contributed by atoms with Gasteiger partial charge in [0.25, 0.3) is 0 Å². The summed E-state index contributed by atoms with van der Waals surface area (Å²) in [5.41, 5.74) is 0. The molecule has 2 rings (SSSR count). The molecule has 0 amide bonds. The van der Waals surface area contributed by atoms with Gasteiger partial charge >= 0.3 is 0 Å². The molecule has 0 unspecified atom stereocenters. The maximum atomic E-state index is 11.7. The van der Waals surface area contributed by atoms with Gasteiger partial charge in [0.1, 0.15) is 11.5 Å². The first-order chi connectivity index (χ1) is 8.53. The Kier molecular flexibility index (Phi) is 4.12. The Bertz CT molecular complexity index is 492. The van der Waals surface area contributed by atoms with Crippen molar-refractivity contribution in [1.82, 2.24) is 5.32 Å². The van der Waals surface area contributed by atoms with Gasteiger partial charge in [0.2, 0.25) is 0 Å². The first-order valence-electron chi connectivity index (χ1n) is 6.56. The molecule has 2 heterocycles. The molecule has 102 valence electrons. The molecule has 1 N–H and O–H groups in total. The van der Waals surface area contributed by atoms with E-state index >= 15 is 0 Å². The first-order valence-corrected chi connectivity index (χ1v) is 8.28. The number of furan rings is 1. The Balaban J connectivity index is 1.90. The van der Waals surface area contributed by atoms with Gasteiger partial charge in [-0.25, -0.2) is 8.42 Å². The van der Waals surface area contributed by atoms with E-state index in [1.54, 1.807) is 0 Å². The van der Waals surface area contributed by atoms with Crippen molar-refractivity contribution in [2.75, 3.05) is 12.3 Å². The van der Waals surface area contributed by atoms with Crippen molar-refractivity contribution < 1.29 is 12.8 Å². The molecule has 1 aliphatic heterocycles. The topological polar surface area (TPSA) is 59.3 Å². The SMILES string of the molecule is CCc1ccc([C@@H](C)NC[C@@H]2CCCS2(=O)=O)o1. The highest BCUT2D eigenvalue weighted by Gasteiger charge is 2.31. The second-order valence-corrected chi connectivity index (χ2v) is 7.32. The third-order valence-corrected chi connectivity index (χ3v) is 5.85. The zero-order valence-electron chi connectivity index (χ0n) is 11.0. The molecule has 2 atom stereocenters. The molecule has 1 aromatic rings. The van der Waals surface area contributed by atoms with Crippen LogP contribution in [0.1, 0.15) is 44.3 Å². The summed E-state index contributed by atoms with van der Waals surface area (Å²) in [4.78, 5) is 0. The molecule has 0 aromatic carbocycles. The lowest BCUT2D eigenvalue weighted by Crippen LogP contribution is -2.32. The number of hydrogen-bond acceptors (Lipinski definition) is 4. The summed E-state index contributed by atoms with van der Waals surface area (Å²) in [6.07, 6.45) is 2.45. The molecule has 1 fully saturated rings. The lowest BCUT2D eigenvalue weighted by Gasteiger charge is -2.15. The van der Waals surface area contributed by atoms with Crippen LogP contribution in [0, 0.1) is 0 Å². The fraction of sp³-hybridized carbons (Fsp3) is 0.692. The summed E-state index contributed by atoms with van der Waals surface area (Å²) in [5.74, 6) is 2.18. The summed E-state index contributed by atoms with van der Waals surface area (Å²) >= 11 is 0. The zero-order chi connectivity index (χ0) is 13.2. The summed E-state index contributed by atoms with van der Waals surface area (Å²) in [7, 11) is -2.86. The maximum Gasteiger partial charge on any atom is 0.154 e. The predicted molar refractivity (Wildman–Crippen MR) is 71.3 cm³/mol. The highest BCUT2D eigenvalue weighted by molar-refractivity contribution is 7.92. The number of rotatable bonds is 5. The Morgan fingerprint density at radius 2 is 2.28 bits per heavy atom. The average Bonchev–Trinajstić information content (AvgIpc) is 2.92. The van der Waals surface area contributed by atoms with E-state index in [2.05, 4.69) is 5.32 Å². The molecule has 0 bridgehead atoms. The summed E-state index contributed by atoms with van der Waals surface area (Å²) < 4.78 is 29.0. The lowest BCUT2D eigenvalue weighted by molar-refractivity contribution is 0.407. The highest BCUT2D eigenvalue weighted by atomic mass is 32.2. The van der Waals surface area contributed by atoms with Crippen LogP contribution in [0.15, 0.2) is 16.5 Å². The van der Waals surface area contributed by atoms with Crippen molar-refractivity contribution in [2.24, 2.45) is 0 Å². The van der Waals surface area contributed by atoms with Crippen molar-refractivity contribution in [3.63, 3.8) is 0 Å². The van der Waals surface area contributed by atoms with E-state index < -0.39 is 9.84 Å². The van der Waals surface area contributed by atoms with E-state index in [-0.39, 0.29) is 11.3 Å². The number of aryl methyl sites for hydroxylation is 1. The van der Waals surface area contributed by atoms with E-state index in [9.17, 15) is 8.42 Å². The van der Waals surface area contributed by atoms with Gasteiger partial charge in [-0.1, -0.05) is 6.92 Å². The van der Waals surface area contributed by atoms with Gasteiger partial charge in [0, 0.05) is 13.0 Å². The fourth-order valence-electron chi connectivity index (χ4n) is 2.31. The van der Waals surface area contributed by atoms with Crippen LogP contribution in [0.4, 0.5) is 0 Å². The first kappa shape index (κ1) is 13.6. The van der Waals surface area contributed by atoms with Crippen molar-refractivity contribution in [3.05, 3.63) is 23.7 Å². The third kappa shape index (κ3) is 2.95. The van der Waals surface area contributed by atoms with Crippen LogP contribution in [0.5, 0.6) is 0 Å². The Labute approximate surface area is 109 Å². The molecule has 0 spiro atoms. The van der Waals surface area contributed by atoms with Gasteiger partial charge in [-0.2, -0.15) is 0 Å². The molecular formula is C13H21NO3S. The molecule has 18 heavy (non-hydrogen) atoms. The summed E-state index contributed by atoms with van der Waals surface area (Å²) in [6, 6.07) is 3.99.